The number of cyclic esters (lactones) is 1. The van der Waals surface area contributed by atoms with Crippen molar-refractivity contribution in [2.24, 2.45) is 0 Å². The molecule has 0 N–H and O–H groups in total. The Morgan fingerprint density at radius 3 is 2.81 bits per heavy atom. The van der Waals surface area contributed by atoms with Crippen molar-refractivity contribution in [1.29, 1.82) is 0 Å². The van der Waals surface area contributed by atoms with Crippen LogP contribution in [0, 0.1) is 0 Å². The van der Waals surface area contributed by atoms with Gasteiger partial charge in [-0.1, -0.05) is 36.4 Å². The highest BCUT2D eigenvalue weighted by atomic mass is 35.5. The molecule has 1 aliphatic rings. The smallest absolute Gasteiger partial charge is 0.334 e. The summed E-state index contributed by atoms with van der Waals surface area (Å²) in [5.74, 6) is -0.339. The maximum Gasteiger partial charge on any atom is 0.334 e. The number of ether oxygens (including phenoxy) is 1. The molecule has 0 aromatic heterocycles. The van der Waals surface area contributed by atoms with Gasteiger partial charge in [0.15, 0.2) is 0 Å². The number of hydrogen-bond acceptors (Lipinski definition) is 2. The monoisotopic (exact) mass is 236 g/mol. The Morgan fingerprint density at radius 2 is 2.12 bits per heavy atom. The van der Waals surface area contributed by atoms with Crippen molar-refractivity contribution in [3.8, 4) is 0 Å². The molecular weight excluding hydrogens is 224 g/mol. The molecule has 0 bridgehead atoms. The molecule has 0 spiro atoms. The van der Waals surface area contributed by atoms with E-state index in [2.05, 4.69) is 6.58 Å². The lowest BCUT2D eigenvalue weighted by molar-refractivity contribution is -0.147. The van der Waals surface area contributed by atoms with E-state index in [9.17, 15) is 4.79 Å². The zero-order chi connectivity index (χ0) is 11.7. The van der Waals surface area contributed by atoms with Gasteiger partial charge in [-0.2, -0.15) is 0 Å². The molecule has 2 atom stereocenters. The van der Waals surface area contributed by atoms with E-state index in [1.807, 2.05) is 31.2 Å². The predicted octanol–water partition coefficient (Wildman–Crippen LogP) is 3.32. The fourth-order valence-corrected chi connectivity index (χ4v) is 2.26. The molecule has 16 heavy (non-hydrogen) atoms. The third-order valence-corrected chi connectivity index (χ3v) is 3.18. The van der Waals surface area contributed by atoms with Crippen LogP contribution in [0.2, 0.25) is 5.02 Å². The van der Waals surface area contributed by atoms with Crippen molar-refractivity contribution < 1.29 is 9.53 Å². The van der Waals surface area contributed by atoms with Gasteiger partial charge in [0.2, 0.25) is 0 Å². The Hall–Kier alpha value is -1.28. The molecular formula is C13H13ClO2. The summed E-state index contributed by atoms with van der Waals surface area (Å²) in [7, 11) is 0. The number of rotatable bonds is 1. The molecule has 0 unspecified atom stereocenters. The third-order valence-electron chi connectivity index (χ3n) is 2.84. The lowest BCUT2D eigenvalue weighted by Crippen LogP contribution is -2.28. The maximum atomic E-state index is 11.5. The lowest BCUT2D eigenvalue weighted by Gasteiger charge is -2.29. The first kappa shape index (κ1) is 11.2. The minimum Gasteiger partial charge on any atom is -0.459 e. The van der Waals surface area contributed by atoms with Crippen LogP contribution in [0.5, 0.6) is 0 Å². The molecule has 2 rings (SSSR count). The van der Waals surface area contributed by atoms with Gasteiger partial charge in [-0.15, -0.1) is 0 Å². The minimum absolute atomic E-state index is 0.0232. The van der Waals surface area contributed by atoms with E-state index >= 15 is 0 Å². The van der Waals surface area contributed by atoms with Crippen LogP contribution in [0.3, 0.4) is 0 Å². The van der Waals surface area contributed by atoms with Gasteiger partial charge in [0, 0.05) is 16.5 Å². The van der Waals surface area contributed by atoms with Gasteiger partial charge in [-0.3, -0.25) is 0 Å². The van der Waals surface area contributed by atoms with Crippen molar-refractivity contribution in [3.63, 3.8) is 0 Å². The van der Waals surface area contributed by atoms with Gasteiger partial charge < -0.3 is 4.74 Å². The van der Waals surface area contributed by atoms with E-state index in [1.54, 1.807) is 0 Å². The molecule has 84 valence electrons. The number of halogens is 1. The Balaban J connectivity index is 2.36. The molecule has 1 fully saturated rings. The van der Waals surface area contributed by atoms with Crippen molar-refractivity contribution in [1.82, 2.24) is 0 Å². The quantitative estimate of drug-likeness (QED) is 0.552. The number of hydrogen-bond donors (Lipinski definition) is 0. The molecule has 3 heteroatoms. The van der Waals surface area contributed by atoms with Crippen LogP contribution >= 0.6 is 11.6 Å². The number of carbonyl (C=O) groups is 1. The number of carbonyl (C=O) groups excluding carboxylic acids is 1. The van der Waals surface area contributed by atoms with Gasteiger partial charge in [-0.05, 0) is 25.0 Å². The summed E-state index contributed by atoms with van der Waals surface area (Å²) in [5.41, 5.74) is 1.45. The standard InChI is InChI=1S/C13H13ClO2/c1-8-7-11(9(2)13(15)16-8)10-5-3-4-6-12(10)14/h3-6,8,11H,2,7H2,1H3/t8-,11+/m0/s1. The highest BCUT2D eigenvalue weighted by Crippen LogP contribution is 2.37. The van der Waals surface area contributed by atoms with E-state index in [1.165, 1.54) is 0 Å². The van der Waals surface area contributed by atoms with Crippen LogP contribution in [-0.4, -0.2) is 12.1 Å². The molecule has 0 amide bonds. The summed E-state index contributed by atoms with van der Waals surface area (Å²) in [6.07, 6.45) is 0.660. The summed E-state index contributed by atoms with van der Waals surface area (Å²) < 4.78 is 5.11. The van der Waals surface area contributed by atoms with Gasteiger partial charge >= 0.3 is 5.97 Å². The number of benzene rings is 1. The Morgan fingerprint density at radius 1 is 1.44 bits per heavy atom. The normalized spacial score (nSPS) is 25.4. The lowest BCUT2D eigenvalue weighted by atomic mass is 9.85. The molecule has 2 nitrogen and oxygen atoms in total. The molecule has 0 radical (unpaired) electrons. The van der Waals surface area contributed by atoms with Crippen LogP contribution < -0.4 is 0 Å². The first-order chi connectivity index (χ1) is 7.59. The fourth-order valence-electron chi connectivity index (χ4n) is 2.00. The van der Waals surface area contributed by atoms with Crippen LogP contribution in [0.4, 0.5) is 0 Å². The van der Waals surface area contributed by atoms with Gasteiger partial charge in [0.1, 0.15) is 6.10 Å². The van der Waals surface area contributed by atoms with Crippen molar-refractivity contribution in [2.75, 3.05) is 0 Å². The van der Waals surface area contributed by atoms with E-state index in [4.69, 9.17) is 16.3 Å². The topological polar surface area (TPSA) is 26.3 Å². The van der Waals surface area contributed by atoms with Crippen LogP contribution in [-0.2, 0) is 9.53 Å². The van der Waals surface area contributed by atoms with Crippen molar-refractivity contribution in [3.05, 3.63) is 47.0 Å². The van der Waals surface area contributed by atoms with Crippen LogP contribution in [0.1, 0.15) is 24.8 Å². The summed E-state index contributed by atoms with van der Waals surface area (Å²) in [6, 6.07) is 7.55. The Bertz CT molecular complexity index is 439. The molecule has 1 aromatic carbocycles. The highest BCUT2D eigenvalue weighted by Gasteiger charge is 2.31. The maximum absolute atomic E-state index is 11.5. The third kappa shape index (κ3) is 1.98. The van der Waals surface area contributed by atoms with Gasteiger partial charge in [0.05, 0.1) is 0 Å². The van der Waals surface area contributed by atoms with Gasteiger partial charge in [-0.25, -0.2) is 4.79 Å². The Kier molecular flexibility index (Phi) is 3.01. The average Bonchev–Trinajstić information content (AvgIpc) is 2.24. The van der Waals surface area contributed by atoms with Crippen LogP contribution in [0.25, 0.3) is 0 Å². The molecule has 1 heterocycles. The molecule has 1 aromatic rings. The second-order valence-electron chi connectivity index (χ2n) is 4.05. The summed E-state index contributed by atoms with van der Waals surface area (Å²) in [6.45, 7) is 5.68. The SMILES string of the molecule is C=C1C(=O)O[C@@H](C)C[C@H]1c1ccccc1Cl. The zero-order valence-corrected chi connectivity index (χ0v) is 9.83. The minimum atomic E-state index is -0.316. The van der Waals surface area contributed by atoms with Crippen molar-refractivity contribution >= 4 is 17.6 Å². The second-order valence-corrected chi connectivity index (χ2v) is 4.46. The average molecular weight is 237 g/mol. The first-order valence-electron chi connectivity index (χ1n) is 5.24. The van der Waals surface area contributed by atoms with Gasteiger partial charge in [0.25, 0.3) is 0 Å². The second kappa shape index (κ2) is 4.30. The van der Waals surface area contributed by atoms with E-state index in [-0.39, 0.29) is 18.0 Å². The van der Waals surface area contributed by atoms with E-state index < -0.39 is 0 Å². The predicted molar refractivity (Wildman–Crippen MR) is 63.5 cm³/mol. The molecule has 0 aliphatic carbocycles. The molecule has 1 aliphatic heterocycles. The van der Waals surface area contributed by atoms with Crippen LogP contribution in [0.15, 0.2) is 36.4 Å². The van der Waals surface area contributed by atoms with Crippen molar-refractivity contribution in [2.45, 2.75) is 25.4 Å². The molecule has 0 saturated carbocycles. The Labute approximate surface area is 99.9 Å². The largest absolute Gasteiger partial charge is 0.459 e. The summed E-state index contributed by atoms with van der Waals surface area (Å²) in [5, 5.41) is 0.676. The highest BCUT2D eigenvalue weighted by molar-refractivity contribution is 6.31. The number of esters is 1. The first-order valence-corrected chi connectivity index (χ1v) is 5.61. The van der Waals surface area contributed by atoms with E-state index in [0.29, 0.717) is 10.6 Å². The summed E-state index contributed by atoms with van der Waals surface area (Å²) in [4.78, 5) is 11.5. The summed E-state index contributed by atoms with van der Waals surface area (Å²) >= 11 is 6.13. The molecule has 1 saturated heterocycles. The fraction of sp³-hybridized carbons (Fsp3) is 0.308. The zero-order valence-electron chi connectivity index (χ0n) is 9.07. The van der Waals surface area contributed by atoms with E-state index in [0.717, 1.165) is 12.0 Å².